The number of amides is 1. The SMILES string of the molecule is C#C.CCCCNC=O.CCCc1ccc(F)c(C)c1.CCOc1c(C)cc(C2CC(CCCc3ccccc3OC)N(CC)C2)cc1OC. The first-order chi connectivity index (χ1) is 24.3. The van der Waals surface area contributed by atoms with Crippen molar-refractivity contribution in [3.8, 4) is 30.1 Å². The highest BCUT2D eigenvalue weighted by Crippen LogP contribution is 2.40. The van der Waals surface area contributed by atoms with E-state index in [-0.39, 0.29) is 5.82 Å². The van der Waals surface area contributed by atoms with Crippen molar-refractivity contribution in [1.82, 2.24) is 10.2 Å². The highest BCUT2D eigenvalue weighted by molar-refractivity contribution is 5.50. The number of rotatable bonds is 16. The Bertz CT molecular complexity index is 1390. The number of hydrogen-bond donors (Lipinski definition) is 1. The Kier molecular flexibility index (Phi) is 22.8. The van der Waals surface area contributed by atoms with E-state index in [1.54, 1.807) is 27.2 Å². The molecule has 4 rings (SSSR count). The number of carbonyl (C=O) groups is 1. The van der Waals surface area contributed by atoms with Gasteiger partial charge in [0.25, 0.3) is 0 Å². The Morgan fingerprint density at radius 2 is 1.62 bits per heavy atom. The molecule has 50 heavy (non-hydrogen) atoms. The van der Waals surface area contributed by atoms with E-state index in [1.807, 2.05) is 25.1 Å². The van der Waals surface area contributed by atoms with Gasteiger partial charge in [-0.15, -0.1) is 12.8 Å². The van der Waals surface area contributed by atoms with E-state index in [2.05, 4.69) is 81.1 Å². The molecule has 0 bridgehead atoms. The minimum absolute atomic E-state index is 0.107. The van der Waals surface area contributed by atoms with Crippen molar-refractivity contribution in [3.05, 3.63) is 88.2 Å². The van der Waals surface area contributed by atoms with Gasteiger partial charge in [-0.3, -0.25) is 4.79 Å². The van der Waals surface area contributed by atoms with Crippen LogP contribution in [0.4, 0.5) is 4.39 Å². The van der Waals surface area contributed by atoms with Crippen LogP contribution in [0.5, 0.6) is 17.2 Å². The standard InChI is InChI=1S/C26H37NO3.C10H13F.C5H11NO.C2H2/c1-6-27-18-22(21-15-19(3)26(30-7-2)25(17-21)29-5)16-23(27)13-10-12-20-11-8-9-14-24(20)28-4;1-3-4-9-5-6-10(11)8(2)7-9;1-2-3-4-6-5-7;1-2/h8-9,11,14-15,17,22-23H,6-7,10,12-13,16,18H2,1-5H3;5-7H,3-4H2,1-2H3;5H,2-4H2,1H3,(H,6,7);1-2H. The molecule has 0 spiro atoms. The number of terminal acetylenes is 1. The second-order valence-electron chi connectivity index (χ2n) is 12.4. The Hall–Kier alpha value is -4.02. The Labute approximate surface area is 303 Å². The lowest BCUT2D eigenvalue weighted by Crippen LogP contribution is -2.29. The van der Waals surface area contributed by atoms with Crippen LogP contribution in [0.3, 0.4) is 0 Å². The predicted molar refractivity (Wildman–Crippen MR) is 207 cm³/mol. The summed E-state index contributed by atoms with van der Waals surface area (Å²) in [5.74, 6) is 3.18. The molecule has 3 aromatic rings. The number of para-hydroxylation sites is 1. The summed E-state index contributed by atoms with van der Waals surface area (Å²) >= 11 is 0. The van der Waals surface area contributed by atoms with E-state index < -0.39 is 0 Å². The van der Waals surface area contributed by atoms with Crippen LogP contribution < -0.4 is 19.5 Å². The van der Waals surface area contributed by atoms with Crippen molar-refractivity contribution in [2.75, 3.05) is 40.5 Å². The number of unbranched alkanes of at least 4 members (excludes halogenated alkanes) is 1. The molecule has 3 aromatic carbocycles. The minimum atomic E-state index is -0.107. The van der Waals surface area contributed by atoms with Crippen LogP contribution in [0, 0.1) is 32.5 Å². The van der Waals surface area contributed by atoms with Crippen LogP contribution >= 0.6 is 0 Å². The number of nitrogens with one attached hydrogen (secondary N) is 1. The molecule has 0 radical (unpaired) electrons. The molecule has 1 aliphatic rings. The quantitative estimate of drug-likeness (QED) is 0.0922. The average Bonchev–Trinajstić information content (AvgIpc) is 3.56. The van der Waals surface area contributed by atoms with Gasteiger partial charge in [0.1, 0.15) is 11.6 Å². The zero-order valence-corrected chi connectivity index (χ0v) is 32.0. The van der Waals surface area contributed by atoms with E-state index >= 15 is 0 Å². The molecule has 1 heterocycles. The van der Waals surface area contributed by atoms with Crippen molar-refractivity contribution < 1.29 is 23.4 Å². The third-order valence-electron chi connectivity index (χ3n) is 8.87. The predicted octanol–water partition coefficient (Wildman–Crippen LogP) is 9.48. The van der Waals surface area contributed by atoms with Crippen LogP contribution in [0.2, 0.25) is 0 Å². The lowest BCUT2D eigenvalue weighted by Gasteiger charge is -2.22. The number of halogens is 1. The molecule has 276 valence electrons. The van der Waals surface area contributed by atoms with Gasteiger partial charge < -0.3 is 24.4 Å². The second kappa shape index (κ2) is 25.9. The van der Waals surface area contributed by atoms with E-state index in [1.165, 1.54) is 36.0 Å². The number of carbonyl (C=O) groups excluding carboxylic acids is 1. The highest BCUT2D eigenvalue weighted by Gasteiger charge is 2.32. The molecule has 7 heteroatoms. The molecule has 0 aromatic heterocycles. The number of ether oxygens (including phenoxy) is 3. The third-order valence-corrected chi connectivity index (χ3v) is 8.87. The smallest absolute Gasteiger partial charge is 0.207 e. The third kappa shape index (κ3) is 14.8. The summed E-state index contributed by atoms with van der Waals surface area (Å²) in [7, 11) is 3.49. The van der Waals surface area contributed by atoms with Gasteiger partial charge >= 0.3 is 0 Å². The molecule has 0 saturated carbocycles. The molecule has 1 amide bonds. The van der Waals surface area contributed by atoms with Gasteiger partial charge in [-0.1, -0.05) is 70.0 Å². The molecule has 1 aliphatic heterocycles. The van der Waals surface area contributed by atoms with Gasteiger partial charge in [-0.2, -0.15) is 0 Å². The number of likely N-dealkylation sites (N-methyl/N-ethyl adjacent to an activating group) is 1. The number of benzene rings is 3. The number of methoxy groups -OCH3 is 2. The summed E-state index contributed by atoms with van der Waals surface area (Å²) in [6, 6.07) is 18.8. The first kappa shape index (κ1) is 44.0. The van der Waals surface area contributed by atoms with Crippen LogP contribution in [0.15, 0.2) is 54.6 Å². The summed E-state index contributed by atoms with van der Waals surface area (Å²) in [5.41, 5.74) is 5.82. The van der Waals surface area contributed by atoms with Gasteiger partial charge in [-0.25, -0.2) is 4.39 Å². The van der Waals surface area contributed by atoms with Crippen LogP contribution in [0.1, 0.15) is 100.0 Å². The normalized spacial score (nSPS) is 14.9. The summed E-state index contributed by atoms with van der Waals surface area (Å²) in [4.78, 5) is 12.2. The van der Waals surface area contributed by atoms with Crippen LogP contribution in [-0.2, 0) is 17.6 Å². The van der Waals surface area contributed by atoms with Crippen molar-refractivity contribution in [3.63, 3.8) is 0 Å². The van der Waals surface area contributed by atoms with Gasteiger partial charge in [0.15, 0.2) is 11.5 Å². The zero-order chi connectivity index (χ0) is 37.3. The molecule has 2 atom stereocenters. The largest absolute Gasteiger partial charge is 0.496 e. The number of nitrogens with zero attached hydrogens (tertiary/aromatic N) is 1. The second-order valence-corrected chi connectivity index (χ2v) is 12.4. The van der Waals surface area contributed by atoms with Gasteiger partial charge in [0, 0.05) is 19.1 Å². The van der Waals surface area contributed by atoms with Crippen molar-refractivity contribution >= 4 is 6.41 Å². The molecule has 2 unspecified atom stereocenters. The fraction of sp³-hybridized carbons (Fsp3) is 0.512. The Morgan fingerprint density at radius 3 is 2.22 bits per heavy atom. The highest BCUT2D eigenvalue weighted by atomic mass is 19.1. The molecular formula is C43H63FN2O4. The molecule has 6 nitrogen and oxygen atoms in total. The first-order valence-electron chi connectivity index (χ1n) is 18.2. The number of aryl methyl sites for hydroxylation is 4. The van der Waals surface area contributed by atoms with E-state index in [0.29, 0.717) is 18.6 Å². The van der Waals surface area contributed by atoms with Gasteiger partial charge in [0.2, 0.25) is 6.41 Å². The Morgan fingerprint density at radius 1 is 0.900 bits per heavy atom. The molecule has 0 aliphatic carbocycles. The lowest BCUT2D eigenvalue weighted by atomic mass is 9.92. The molecule has 1 N–H and O–H groups in total. The monoisotopic (exact) mass is 690 g/mol. The minimum Gasteiger partial charge on any atom is -0.496 e. The summed E-state index contributed by atoms with van der Waals surface area (Å²) < 4.78 is 29.7. The van der Waals surface area contributed by atoms with Crippen molar-refractivity contribution in [2.24, 2.45) is 0 Å². The van der Waals surface area contributed by atoms with E-state index in [9.17, 15) is 9.18 Å². The van der Waals surface area contributed by atoms with Crippen molar-refractivity contribution in [2.45, 2.75) is 105 Å². The number of hydrogen-bond acceptors (Lipinski definition) is 5. The van der Waals surface area contributed by atoms with Crippen LogP contribution in [0.25, 0.3) is 0 Å². The fourth-order valence-electron chi connectivity index (χ4n) is 6.32. The maximum atomic E-state index is 12.7. The van der Waals surface area contributed by atoms with Crippen molar-refractivity contribution in [1.29, 1.82) is 0 Å². The molecule has 1 saturated heterocycles. The van der Waals surface area contributed by atoms with E-state index in [0.717, 1.165) is 86.5 Å². The van der Waals surface area contributed by atoms with Gasteiger partial charge in [-0.05, 0) is 118 Å². The molecule has 1 fully saturated rings. The zero-order valence-electron chi connectivity index (χ0n) is 32.0. The summed E-state index contributed by atoms with van der Waals surface area (Å²) in [6.45, 7) is 16.1. The average molecular weight is 691 g/mol. The maximum Gasteiger partial charge on any atom is 0.207 e. The molecular weight excluding hydrogens is 627 g/mol. The van der Waals surface area contributed by atoms with Gasteiger partial charge in [0.05, 0.1) is 20.8 Å². The number of likely N-dealkylation sites (tertiary alicyclic amines) is 1. The Balaban J connectivity index is 0.000000511. The topological polar surface area (TPSA) is 60.0 Å². The summed E-state index contributed by atoms with van der Waals surface area (Å²) in [6.07, 6.45) is 17.8. The van der Waals surface area contributed by atoms with Crippen LogP contribution in [-0.4, -0.2) is 57.8 Å². The maximum absolute atomic E-state index is 12.7. The fourth-order valence-corrected chi connectivity index (χ4v) is 6.32. The first-order valence-corrected chi connectivity index (χ1v) is 18.2. The van der Waals surface area contributed by atoms with E-state index in [4.69, 9.17) is 14.2 Å². The lowest BCUT2D eigenvalue weighted by molar-refractivity contribution is -0.109. The summed E-state index contributed by atoms with van der Waals surface area (Å²) in [5, 5.41) is 2.57.